The molecule has 0 radical (unpaired) electrons. The Kier molecular flexibility index (Phi) is 5.77. The fraction of sp³-hybridized carbons (Fsp3) is 0.375. The second-order valence-electron chi connectivity index (χ2n) is 4.93. The number of thiocarbonyl (C=S) groups is 1. The van der Waals surface area contributed by atoms with E-state index < -0.39 is 0 Å². The van der Waals surface area contributed by atoms with Gasteiger partial charge in [-0.3, -0.25) is 10.1 Å². The number of hydrogen-bond donors (Lipinski definition) is 2. The first kappa shape index (κ1) is 16.3. The van der Waals surface area contributed by atoms with E-state index in [4.69, 9.17) is 21.7 Å². The first-order valence-electron chi connectivity index (χ1n) is 7.29. The minimum Gasteiger partial charge on any atom is -0.493 e. The molecular formula is C16H20N2O3S. The van der Waals surface area contributed by atoms with Crippen LogP contribution in [0.4, 0.5) is 0 Å². The van der Waals surface area contributed by atoms with E-state index in [1.807, 2.05) is 18.2 Å². The molecule has 2 N–H and O–H groups in total. The van der Waals surface area contributed by atoms with Crippen LogP contribution in [0.3, 0.4) is 0 Å². The molecule has 1 saturated heterocycles. The lowest BCUT2D eigenvalue weighted by Crippen LogP contribution is -2.21. The molecule has 1 aromatic carbocycles. The Hall–Kier alpha value is -2.08. The van der Waals surface area contributed by atoms with Crippen LogP contribution in [0.25, 0.3) is 6.08 Å². The van der Waals surface area contributed by atoms with Gasteiger partial charge in [-0.2, -0.15) is 0 Å². The average Bonchev–Trinajstić information content (AvgIpc) is 2.82. The molecule has 0 unspecified atom stereocenters. The van der Waals surface area contributed by atoms with E-state index in [9.17, 15) is 4.79 Å². The van der Waals surface area contributed by atoms with Gasteiger partial charge in [0, 0.05) is 0 Å². The Morgan fingerprint density at radius 2 is 2.05 bits per heavy atom. The monoisotopic (exact) mass is 320 g/mol. The maximum Gasteiger partial charge on any atom is 0.273 e. The molecule has 0 spiro atoms. The third kappa shape index (κ3) is 4.21. The summed E-state index contributed by atoms with van der Waals surface area (Å²) in [6, 6.07) is 5.56. The molecular weight excluding hydrogens is 300 g/mol. The van der Waals surface area contributed by atoms with Gasteiger partial charge in [-0.25, -0.2) is 0 Å². The summed E-state index contributed by atoms with van der Waals surface area (Å²) in [4.78, 5) is 11.6. The minimum atomic E-state index is -0.233. The Labute approximate surface area is 135 Å². The number of amides is 1. The molecule has 0 saturated carbocycles. The van der Waals surface area contributed by atoms with Crippen LogP contribution in [0.5, 0.6) is 11.5 Å². The number of hydrogen-bond acceptors (Lipinski definition) is 4. The largest absolute Gasteiger partial charge is 0.493 e. The summed E-state index contributed by atoms with van der Waals surface area (Å²) in [7, 11) is 1.60. The molecule has 22 heavy (non-hydrogen) atoms. The third-order valence-corrected chi connectivity index (χ3v) is 3.43. The molecule has 1 amide bonds. The Bertz CT molecular complexity index is 599. The van der Waals surface area contributed by atoms with Crippen LogP contribution < -0.4 is 20.1 Å². The molecule has 0 atom stereocenters. The lowest BCUT2D eigenvalue weighted by atomic mass is 10.1. The van der Waals surface area contributed by atoms with Crippen molar-refractivity contribution in [2.75, 3.05) is 13.7 Å². The Morgan fingerprint density at radius 3 is 2.68 bits per heavy atom. The lowest BCUT2D eigenvalue weighted by molar-refractivity contribution is -0.115. The van der Waals surface area contributed by atoms with E-state index in [0.717, 1.165) is 24.8 Å². The van der Waals surface area contributed by atoms with Crippen molar-refractivity contribution in [1.82, 2.24) is 10.6 Å². The molecule has 6 heteroatoms. The average molecular weight is 320 g/mol. The molecule has 1 aliphatic heterocycles. The second kappa shape index (κ2) is 7.79. The van der Waals surface area contributed by atoms with Crippen molar-refractivity contribution >= 4 is 29.3 Å². The number of carbonyl (C=O) groups is 1. The van der Waals surface area contributed by atoms with E-state index in [1.165, 1.54) is 0 Å². The van der Waals surface area contributed by atoms with E-state index in [-0.39, 0.29) is 5.91 Å². The molecule has 1 aromatic rings. The Morgan fingerprint density at radius 1 is 1.23 bits per heavy atom. The zero-order valence-electron chi connectivity index (χ0n) is 12.8. The number of benzene rings is 1. The Balaban J connectivity index is 2.10. The molecule has 5 nitrogen and oxygen atoms in total. The highest BCUT2D eigenvalue weighted by atomic mass is 32.1. The highest BCUT2D eigenvalue weighted by molar-refractivity contribution is 7.80. The lowest BCUT2D eigenvalue weighted by Gasteiger charge is -2.11. The number of methoxy groups -OCH3 is 1. The van der Waals surface area contributed by atoms with Gasteiger partial charge in [0.2, 0.25) is 0 Å². The van der Waals surface area contributed by atoms with Gasteiger partial charge in [0.05, 0.1) is 13.7 Å². The van der Waals surface area contributed by atoms with E-state index in [0.29, 0.717) is 28.9 Å². The standard InChI is InChI=1S/C16H20N2O3S/c1-3-4-5-8-21-13-7-6-11(10-14(13)20-2)9-12-15(19)18-16(22)17-12/h6-7,9-10H,3-5,8H2,1-2H3,(H2,17,18,19,22)/b12-9+. The van der Waals surface area contributed by atoms with E-state index >= 15 is 0 Å². The number of ether oxygens (including phenoxy) is 2. The van der Waals surface area contributed by atoms with Crippen LogP contribution in [-0.2, 0) is 4.79 Å². The quantitative estimate of drug-likeness (QED) is 0.459. The van der Waals surface area contributed by atoms with Gasteiger partial charge in [-0.15, -0.1) is 0 Å². The second-order valence-corrected chi connectivity index (χ2v) is 5.34. The van der Waals surface area contributed by atoms with Crippen molar-refractivity contribution in [3.8, 4) is 11.5 Å². The molecule has 118 valence electrons. The minimum absolute atomic E-state index is 0.233. The normalized spacial score (nSPS) is 15.6. The molecule has 1 aliphatic rings. The summed E-state index contributed by atoms with van der Waals surface area (Å²) in [5.74, 6) is 1.12. The van der Waals surface area contributed by atoms with Gasteiger partial charge in [0.25, 0.3) is 5.91 Å². The van der Waals surface area contributed by atoms with E-state index in [2.05, 4.69) is 17.6 Å². The smallest absolute Gasteiger partial charge is 0.273 e. The number of unbranched alkanes of at least 4 members (excludes halogenated alkanes) is 2. The number of nitrogens with one attached hydrogen (secondary N) is 2. The fourth-order valence-corrected chi connectivity index (χ4v) is 2.28. The maximum absolute atomic E-state index is 11.6. The predicted molar refractivity (Wildman–Crippen MR) is 89.9 cm³/mol. The first-order valence-corrected chi connectivity index (χ1v) is 7.69. The van der Waals surface area contributed by atoms with Crippen LogP contribution in [0, 0.1) is 0 Å². The summed E-state index contributed by atoms with van der Waals surface area (Å²) >= 11 is 4.90. The van der Waals surface area contributed by atoms with Crippen LogP contribution in [0.15, 0.2) is 23.9 Å². The van der Waals surface area contributed by atoms with Gasteiger partial charge in [0.15, 0.2) is 16.6 Å². The zero-order chi connectivity index (χ0) is 15.9. The van der Waals surface area contributed by atoms with Crippen LogP contribution in [0.2, 0.25) is 0 Å². The number of rotatable bonds is 7. The molecule has 2 rings (SSSR count). The molecule has 0 bridgehead atoms. The molecule has 1 heterocycles. The van der Waals surface area contributed by atoms with Gasteiger partial charge >= 0.3 is 0 Å². The molecule has 0 aromatic heterocycles. The van der Waals surface area contributed by atoms with Gasteiger partial charge in [0.1, 0.15) is 5.70 Å². The first-order chi connectivity index (χ1) is 10.6. The molecule has 1 fully saturated rings. The van der Waals surface area contributed by atoms with Crippen molar-refractivity contribution in [3.63, 3.8) is 0 Å². The third-order valence-electron chi connectivity index (χ3n) is 3.22. The van der Waals surface area contributed by atoms with Crippen molar-refractivity contribution in [1.29, 1.82) is 0 Å². The summed E-state index contributed by atoms with van der Waals surface area (Å²) in [5.41, 5.74) is 1.25. The van der Waals surface area contributed by atoms with Gasteiger partial charge in [-0.1, -0.05) is 25.8 Å². The van der Waals surface area contributed by atoms with Gasteiger partial charge in [-0.05, 0) is 42.4 Å². The van der Waals surface area contributed by atoms with Crippen molar-refractivity contribution in [2.24, 2.45) is 0 Å². The van der Waals surface area contributed by atoms with Crippen LogP contribution in [-0.4, -0.2) is 24.7 Å². The van der Waals surface area contributed by atoms with Crippen molar-refractivity contribution < 1.29 is 14.3 Å². The molecule has 0 aliphatic carbocycles. The summed E-state index contributed by atoms with van der Waals surface area (Å²) in [6.07, 6.45) is 5.04. The fourth-order valence-electron chi connectivity index (χ4n) is 2.08. The van der Waals surface area contributed by atoms with Crippen LogP contribution >= 0.6 is 12.2 Å². The van der Waals surface area contributed by atoms with Crippen molar-refractivity contribution in [2.45, 2.75) is 26.2 Å². The predicted octanol–water partition coefficient (Wildman–Crippen LogP) is 2.61. The SMILES string of the molecule is CCCCCOc1ccc(/C=C2/NC(=S)NC2=O)cc1OC. The summed E-state index contributed by atoms with van der Waals surface area (Å²) in [5, 5.41) is 5.66. The van der Waals surface area contributed by atoms with Crippen LogP contribution in [0.1, 0.15) is 31.7 Å². The summed E-state index contributed by atoms with van der Waals surface area (Å²) < 4.78 is 11.1. The highest BCUT2D eigenvalue weighted by Gasteiger charge is 2.20. The summed E-state index contributed by atoms with van der Waals surface area (Å²) in [6.45, 7) is 2.82. The number of carbonyl (C=O) groups excluding carboxylic acids is 1. The van der Waals surface area contributed by atoms with Crippen molar-refractivity contribution in [3.05, 3.63) is 29.5 Å². The highest BCUT2D eigenvalue weighted by Crippen LogP contribution is 2.29. The van der Waals surface area contributed by atoms with Gasteiger partial charge < -0.3 is 14.8 Å². The topological polar surface area (TPSA) is 59.6 Å². The zero-order valence-corrected chi connectivity index (χ0v) is 13.6. The van der Waals surface area contributed by atoms with E-state index in [1.54, 1.807) is 13.2 Å². The maximum atomic E-state index is 11.6.